The van der Waals surface area contributed by atoms with Crippen LogP contribution in [0.5, 0.6) is 5.75 Å². The van der Waals surface area contributed by atoms with E-state index in [0.717, 1.165) is 22.6 Å². The third-order valence-electron chi connectivity index (χ3n) is 2.23. The zero-order valence-electron chi connectivity index (χ0n) is 8.43. The molecule has 78 valence electrons. The molecule has 0 radical (unpaired) electrons. The maximum Gasteiger partial charge on any atom is 0.123 e. The first kappa shape index (κ1) is 10.1. The lowest BCUT2D eigenvalue weighted by Crippen LogP contribution is -2.00. The van der Waals surface area contributed by atoms with Gasteiger partial charge in [-0.15, -0.1) is 11.3 Å². The molecule has 2 N–H and O–H groups in total. The van der Waals surface area contributed by atoms with E-state index in [1.54, 1.807) is 18.4 Å². The minimum atomic E-state index is 0.473. The van der Waals surface area contributed by atoms with Crippen LogP contribution < -0.4 is 10.5 Å². The van der Waals surface area contributed by atoms with Gasteiger partial charge in [0.15, 0.2) is 0 Å². The summed E-state index contributed by atoms with van der Waals surface area (Å²) < 4.78 is 5.21. The van der Waals surface area contributed by atoms with Crippen molar-refractivity contribution in [2.45, 2.75) is 6.54 Å². The predicted molar refractivity (Wildman–Crippen MR) is 62.0 cm³/mol. The van der Waals surface area contributed by atoms with E-state index in [4.69, 9.17) is 10.5 Å². The van der Waals surface area contributed by atoms with Crippen molar-refractivity contribution in [1.82, 2.24) is 4.98 Å². The number of aromatic nitrogens is 1. The Balaban J connectivity index is 2.43. The van der Waals surface area contributed by atoms with Gasteiger partial charge in [-0.2, -0.15) is 0 Å². The van der Waals surface area contributed by atoms with Gasteiger partial charge in [-0.1, -0.05) is 0 Å². The summed E-state index contributed by atoms with van der Waals surface area (Å²) in [5.41, 5.74) is 10.5. The highest BCUT2D eigenvalue weighted by Crippen LogP contribution is 2.25. The number of ether oxygens (including phenoxy) is 1. The first-order chi connectivity index (χ1) is 7.35. The Kier molecular flexibility index (Phi) is 2.99. The molecule has 0 aliphatic heterocycles. The largest absolute Gasteiger partial charge is 0.496 e. The fourth-order valence-corrected chi connectivity index (χ4v) is 2.01. The summed E-state index contributed by atoms with van der Waals surface area (Å²) >= 11 is 1.58. The van der Waals surface area contributed by atoms with Gasteiger partial charge in [-0.05, 0) is 18.2 Å². The van der Waals surface area contributed by atoms with Crippen LogP contribution in [0.15, 0.2) is 29.1 Å². The summed E-state index contributed by atoms with van der Waals surface area (Å²) in [6.45, 7) is 0.473. The van der Waals surface area contributed by atoms with Crippen molar-refractivity contribution in [3.05, 3.63) is 34.7 Å². The molecule has 1 heterocycles. The molecule has 0 amide bonds. The van der Waals surface area contributed by atoms with Crippen molar-refractivity contribution in [3.63, 3.8) is 0 Å². The molecule has 0 aliphatic rings. The summed E-state index contributed by atoms with van der Waals surface area (Å²) in [5.74, 6) is 0.830. The molecule has 0 aliphatic carbocycles. The van der Waals surface area contributed by atoms with Crippen molar-refractivity contribution in [1.29, 1.82) is 0 Å². The second-order valence-electron chi connectivity index (χ2n) is 3.10. The maximum absolute atomic E-state index is 5.65. The number of hydrogen-bond acceptors (Lipinski definition) is 4. The van der Waals surface area contributed by atoms with Crippen molar-refractivity contribution in [2.75, 3.05) is 7.11 Å². The predicted octanol–water partition coefficient (Wildman–Crippen LogP) is 2.28. The summed E-state index contributed by atoms with van der Waals surface area (Å²) in [5, 5.41) is 2.02. The average Bonchev–Trinajstić information content (AvgIpc) is 2.81. The Morgan fingerprint density at radius 2 is 2.33 bits per heavy atom. The van der Waals surface area contributed by atoms with E-state index in [2.05, 4.69) is 4.98 Å². The Hall–Kier alpha value is -1.39. The zero-order chi connectivity index (χ0) is 10.7. The molecule has 0 unspecified atom stereocenters. The molecule has 0 fully saturated rings. The fraction of sp³-hybridized carbons (Fsp3) is 0.182. The van der Waals surface area contributed by atoms with E-state index >= 15 is 0 Å². The van der Waals surface area contributed by atoms with E-state index in [9.17, 15) is 0 Å². The van der Waals surface area contributed by atoms with Crippen LogP contribution in [0.1, 0.15) is 5.56 Å². The number of nitrogens with zero attached hydrogens (tertiary/aromatic N) is 1. The Morgan fingerprint density at radius 1 is 1.47 bits per heavy atom. The highest BCUT2D eigenvalue weighted by Gasteiger charge is 2.05. The number of hydrogen-bond donors (Lipinski definition) is 1. The molecule has 0 bridgehead atoms. The standard InChI is InChI=1S/C11H12N2OS/c1-14-11-3-2-8(4-9(11)5-12)10-6-15-7-13-10/h2-4,6-7H,5,12H2,1H3. The van der Waals surface area contributed by atoms with Gasteiger partial charge in [0, 0.05) is 23.1 Å². The van der Waals surface area contributed by atoms with Crippen LogP contribution in [-0.4, -0.2) is 12.1 Å². The van der Waals surface area contributed by atoms with Crippen molar-refractivity contribution < 1.29 is 4.74 Å². The molecule has 0 saturated heterocycles. The molecule has 0 saturated carbocycles. The van der Waals surface area contributed by atoms with E-state index < -0.39 is 0 Å². The Morgan fingerprint density at radius 3 is 2.93 bits per heavy atom. The van der Waals surface area contributed by atoms with E-state index in [1.807, 2.05) is 29.1 Å². The maximum atomic E-state index is 5.65. The molecular weight excluding hydrogens is 208 g/mol. The van der Waals surface area contributed by atoms with Gasteiger partial charge < -0.3 is 10.5 Å². The van der Waals surface area contributed by atoms with Gasteiger partial charge >= 0.3 is 0 Å². The Bertz CT molecular complexity index is 440. The van der Waals surface area contributed by atoms with Crippen molar-refractivity contribution in [3.8, 4) is 17.0 Å². The lowest BCUT2D eigenvalue weighted by Gasteiger charge is -2.07. The first-order valence-electron chi connectivity index (χ1n) is 4.60. The van der Waals surface area contributed by atoms with Crippen LogP contribution in [0.25, 0.3) is 11.3 Å². The molecule has 4 heteroatoms. The zero-order valence-corrected chi connectivity index (χ0v) is 9.25. The van der Waals surface area contributed by atoms with Crippen LogP contribution in [0.3, 0.4) is 0 Å². The molecule has 0 spiro atoms. The third kappa shape index (κ3) is 2.00. The van der Waals surface area contributed by atoms with Gasteiger partial charge in [-0.3, -0.25) is 0 Å². The molecule has 15 heavy (non-hydrogen) atoms. The van der Waals surface area contributed by atoms with Gasteiger partial charge in [0.25, 0.3) is 0 Å². The van der Waals surface area contributed by atoms with E-state index in [1.165, 1.54) is 0 Å². The first-order valence-corrected chi connectivity index (χ1v) is 5.55. The highest BCUT2D eigenvalue weighted by atomic mass is 32.1. The SMILES string of the molecule is COc1ccc(-c2cscn2)cc1CN. The van der Waals surface area contributed by atoms with Crippen molar-refractivity contribution in [2.24, 2.45) is 5.73 Å². The summed E-state index contributed by atoms with van der Waals surface area (Å²) in [6.07, 6.45) is 0. The van der Waals surface area contributed by atoms with Gasteiger partial charge in [0.2, 0.25) is 0 Å². The highest BCUT2D eigenvalue weighted by molar-refractivity contribution is 7.07. The van der Waals surface area contributed by atoms with Crippen LogP contribution in [-0.2, 0) is 6.54 Å². The summed E-state index contributed by atoms with van der Waals surface area (Å²) in [7, 11) is 1.65. The quantitative estimate of drug-likeness (QED) is 0.863. The van der Waals surface area contributed by atoms with Crippen LogP contribution in [0.2, 0.25) is 0 Å². The van der Waals surface area contributed by atoms with E-state index in [0.29, 0.717) is 6.54 Å². The smallest absolute Gasteiger partial charge is 0.123 e. The minimum absolute atomic E-state index is 0.473. The van der Waals surface area contributed by atoms with Gasteiger partial charge in [0.1, 0.15) is 5.75 Å². The monoisotopic (exact) mass is 220 g/mol. The summed E-state index contributed by atoms with van der Waals surface area (Å²) in [4.78, 5) is 4.25. The van der Waals surface area contributed by atoms with Gasteiger partial charge in [-0.25, -0.2) is 4.98 Å². The number of benzene rings is 1. The third-order valence-corrected chi connectivity index (χ3v) is 2.81. The number of thiazole rings is 1. The topological polar surface area (TPSA) is 48.1 Å². The molecule has 3 nitrogen and oxygen atoms in total. The van der Waals surface area contributed by atoms with E-state index in [-0.39, 0.29) is 0 Å². The molecule has 0 atom stereocenters. The number of nitrogens with two attached hydrogens (primary N) is 1. The Labute approximate surface area is 92.5 Å². The summed E-state index contributed by atoms with van der Waals surface area (Å²) in [6, 6.07) is 5.94. The van der Waals surface area contributed by atoms with Crippen molar-refractivity contribution >= 4 is 11.3 Å². The fourth-order valence-electron chi connectivity index (χ4n) is 1.45. The second kappa shape index (κ2) is 4.42. The average molecular weight is 220 g/mol. The number of rotatable bonds is 3. The van der Waals surface area contributed by atoms with Crippen LogP contribution >= 0.6 is 11.3 Å². The van der Waals surface area contributed by atoms with Crippen LogP contribution in [0.4, 0.5) is 0 Å². The minimum Gasteiger partial charge on any atom is -0.496 e. The normalized spacial score (nSPS) is 10.3. The molecule has 2 rings (SSSR count). The molecular formula is C11H12N2OS. The number of methoxy groups -OCH3 is 1. The van der Waals surface area contributed by atoms with Crippen LogP contribution in [0, 0.1) is 0 Å². The lowest BCUT2D eigenvalue weighted by atomic mass is 10.1. The molecule has 1 aromatic heterocycles. The molecule has 2 aromatic rings. The van der Waals surface area contributed by atoms with Gasteiger partial charge in [0.05, 0.1) is 18.3 Å². The second-order valence-corrected chi connectivity index (χ2v) is 3.82. The lowest BCUT2D eigenvalue weighted by molar-refractivity contribution is 0.410. The molecule has 1 aromatic carbocycles.